The first-order chi connectivity index (χ1) is 8.97. The van der Waals surface area contributed by atoms with Crippen molar-refractivity contribution >= 4 is 43.5 Å². The van der Waals surface area contributed by atoms with Crippen LogP contribution in [-0.2, 0) is 9.84 Å². The van der Waals surface area contributed by atoms with Gasteiger partial charge in [0.1, 0.15) is 11.7 Å². The maximum absolute atomic E-state index is 11.5. The van der Waals surface area contributed by atoms with E-state index in [1.54, 1.807) is 0 Å². The summed E-state index contributed by atoms with van der Waals surface area (Å²) in [5.41, 5.74) is 0.792. The molecular formula is C11H11BrN4O2S. The van der Waals surface area contributed by atoms with Gasteiger partial charge in [0.05, 0.1) is 4.48 Å². The molecule has 0 atom stereocenters. The van der Waals surface area contributed by atoms with Crippen molar-refractivity contribution < 1.29 is 8.42 Å². The topological polar surface area (TPSA) is 75.5 Å². The Labute approximate surface area is 119 Å². The highest BCUT2D eigenvalue weighted by molar-refractivity contribution is 9.12. The summed E-state index contributed by atoms with van der Waals surface area (Å²) < 4.78 is 24.0. The lowest BCUT2D eigenvalue weighted by Crippen LogP contribution is -2.39. The Hall–Kier alpha value is -1.28. The normalized spacial score (nSPS) is 18.3. The first-order valence-electron chi connectivity index (χ1n) is 5.73. The van der Waals surface area contributed by atoms with Crippen LogP contribution in [0.15, 0.2) is 20.8 Å². The smallest absolute Gasteiger partial charge is 0.248 e. The van der Waals surface area contributed by atoms with Gasteiger partial charge in [0, 0.05) is 31.1 Å². The van der Waals surface area contributed by atoms with Crippen molar-refractivity contribution in [2.24, 2.45) is 4.99 Å². The fourth-order valence-corrected chi connectivity index (χ4v) is 3.16. The van der Waals surface area contributed by atoms with Crippen molar-refractivity contribution in [3.05, 3.63) is 16.2 Å². The average Bonchev–Trinajstić information content (AvgIpc) is 2.37. The fourth-order valence-electron chi connectivity index (χ4n) is 2.08. The molecule has 1 aromatic rings. The summed E-state index contributed by atoms with van der Waals surface area (Å²) >= 11 is 3.47. The van der Waals surface area contributed by atoms with E-state index in [1.807, 2.05) is 11.0 Å². The van der Waals surface area contributed by atoms with Crippen LogP contribution in [0.2, 0.25) is 0 Å². The van der Waals surface area contributed by atoms with E-state index in [1.165, 1.54) is 6.20 Å². The lowest BCUT2D eigenvalue weighted by atomic mass is 10.1. The van der Waals surface area contributed by atoms with Crippen LogP contribution in [0.25, 0.3) is 6.08 Å². The van der Waals surface area contributed by atoms with Crippen molar-refractivity contribution in [3.63, 3.8) is 0 Å². The minimum absolute atomic E-state index is 0.150. The molecule has 6 nitrogen and oxygen atoms in total. The molecule has 2 aliphatic rings. The minimum atomic E-state index is -3.41. The SMILES string of the molecule is CS(=O)(=O)c1ncc2c(n1)N1CCCN=C1C(Br)=C2. The number of aliphatic imine (C=N–C) groups is 1. The second-order valence-corrected chi connectivity index (χ2v) is 7.17. The predicted octanol–water partition coefficient (Wildman–Crippen LogP) is 1.24. The van der Waals surface area contributed by atoms with Gasteiger partial charge in [-0.05, 0) is 28.4 Å². The van der Waals surface area contributed by atoms with Crippen LogP contribution in [0.3, 0.4) is 0 Å². The number of hydrogen-bond acceptors (Lipinski definition) is 6. The largest absolute Gasteiger partial charge is 0.310 e. The number of halogens is 1. The maximum atomic E-state index is 11.5. The van der Waals surface area contributed by atoms with Crippen molar-refractivity contribution in [1.29, 1.82) is 0 Å². The molecule has 1 aromatic heterocycles. The van der Waals surface area contributed by atoms with E-state index in [4.69, 9.17) is 0 Å². The van der Waals surface area contributed by atoms with Gasteiger partial charge in [-0.15, -0.1) is 0 Å². The summed E-state index contributed by atoms with van der Waals surface area (Å²) in [6.07, 6.45) is 5.42. The van der Waals surface area contributed by atoms with E-state index in [2.05, 4.69) is 30.9 Å². The number of anilines is 1. The highest BCUT2D eigenvalue weighted by Crippen LogP contribution is 2.32. The van der Waals surface area contributed by atoms with Crippen LogP contribution >= 0.6 is 15.9 Å². The van der Waals surface area contributed by atoms with Gasteiger partial charge in [-0.25, -0.2) is 13.4 Å². The first kappa shape index (κ1) is 12.7. The zero-order valence-electron chi connectivity index (χ0n) is 10.2. The van der Waals surface area contributed by atoms with Gasteiger partial charge in [-0.2, -0.15) is 4.98 Å². The van der Waals surface area contributed by atoms with Crippen LogP contribution in [-0.4, -0.2) is 43.6 Å². The number of fused-ring (bicyclic) bond motifs is 3. The molecule has 0 fully saturated rings. The lowest BCUT2D eigenvalue weighted by Gasteiger charge is -2.32. The second-order valence-electron chi connectivity index (χ2n) is 4.41. The molecule has 0 aliphatic carbocycles. The van der Waals surface area contributed by atoms with Gasteiger partial charge >= 0.3 is 0 Å². The molecular weight excluding hydrogens is 332 g/mol. The number of hydrogen-bond donors (Lipinski definition) is 0. The Morgan fingerprint density at radius 1 is 1.42 bits per heavy atom. The third kappa shape index (κ3) is 2.18. The van der Waals surface area contributed by atoms with Crippen LogP contribution < -0.4 is 4.90 Å². The summed E-state index contributed by atoms with van der Waals surface area (Å²) in [5, 5.41) is -0.150. The average molecular weight is 343 g/mol. The van der Waals surface area contributed by atoms with Crippen molar-refractivity contribution in [1.82, 2.24) is 9.97 Å². The Morgan fingerprint density at radius 3 is 2.95 bits per heavy atom. The molecule has 0 aromatic carbocycles. The number of aromatic nitrogens is 2. The summed E-state index contributed by atoms with van der Waals surface area (Å²) in [6, 6.07) is 0. The van der Waals surface area contributed by atoms with E-state index in [-0.39, 0.29) is 5.16 Å². The van der Waals surface area contributed by atoms with Gasteiger partial charge in [-0.1, -0.05) is 0 Å². The molecule has 0 saturated carbocycles. The van der Waals surface area contributed by atoms with Crippen LogP contribution in [0.5, 0.6) is 0 Å². The summed E-state index contributed by atoms with van der Waals surface area (Å²) in [4.78, 5) is 14.5. The molecule has 19 heavy (non-hydrogen) atoms. The molecule has 2 aliphatic heterocycles. The summed E-state index contributed by atoms with van der Waals surface area (Å²) in [6.45, 7) is 1.54. The Morgan fingerprint density at radius 2 is 2.21 bits per heavy atom. The molecule has 0 amide bonds. The van der Waals surface area contributed by atoms with E-state index < -0.39 is 9.84 Å². The van der Waals surface area contributed by atoms with Gasteiger partial charge < -0.3 is 4.90 Å². The monoisotopic (exact) mass is 342 g/mol. The predicted molar refractivity (Wildman–Crippen MR) is 76.3 cm³/mol. The van der Waals surface area contributed by atoms with Crippen LogP contribution in [0, 0.1) is 0 Å². The number of sulfone groups is 1. The summed E-state index contributed by atoms with van der Waals surface area (Å²) in [5.74, 6) is 1.41. The molecule has 0 radical (unpaired) electrons. The van der Waals surface area contributed by atoms with Crippen molar-refractivity contribution in [2.75, 3.05) is 24.2 Å². The molecule has 0 saturated heterocycles. The van der Waals surface area contributed by atoms with Gasteiger partial charge in [-0.3, -0.25) is 4.99 Å². The van der Waals surface area contributed by atoms with E-state index in [9.17, 15) is 8.42 Å². The van der Waals surface area contributed by atoms with Crippen LogP contribution in [0.4, 0.5) is 5.82 Å². The van der Waals surface area contributed by atoms with Gasteiger partial charge in [0.15, 0.2) is 0 Å². The standard InChI is InChI=1S/C11H11BrN4O2S/c1-19(17,18)11-14-6-7-5-8(12)10-13-3-2-4-16(10)9(7)15-11/h5-6H,2-4H2,1H3. The zero-order chi connectivity index (χ0) is 13.6. The highest BCUT2D eigenvalue weighted by atomic mass is 79.9. The quantitative estimate of drug-likeness (QED) is 0.717. The Bertz CT molecular complexity index is 711. The Kier molecular flexibility index (Phi) is 2.94. The molecule has 3 heterocycles. The number of rotatable bonds is 1. The summed E-state index contributed by atoms with van der Waals surface area (Å²) in [7, 11) is -3.41. The number of amidine groups is 1. The van der Waals surface area contributed by atoms with Crippen LogP contribution in [0.1, 0.15) is 12.0 Å². The minimum Gasteiger partial charge on any atom is -0.310 e. The fraction of sp³-hybridized carbons (Fsp3) is 0.364. The number of nitrogens with zero attached hydrogens (tertiary/aromatic N) is 4. The molecule has 3 rings (SSSR count). The van der Waals surface area contributed by atoms with E-state index in [0.717, 1.165) is 41.6 Å². The van der Waals surface area contributed by atoms with Crippen molar-refractivity contribution in [2.45, 2.75) is 11.6 Å². The molecule has 100 valence electrons. The lowest BCUT2D eigenvalue weighted by molar-refractivity contribution is 0.592. The van der Waals surface area contributed by atoms with Gasteiger partial charge in [0.2, 0.25) is 15.0 Å². The van der Waals surface area contributed by atoms with Gasteiger partial charge in [0.25, 0.3) is 0 Å². The molecule has 0 N–H and O–H groups in total. The molecule has 0 bridgehead atoms. The molecule has 0 unspecified atom stereocenters. The van der Waals surface area contributed by atoms with Crippen molar-refractivity contribution in [3.8, 4) is 0 Å². The maximum Gasteiger partial charge on any atom is 0.248 e. The zero-order valence-corrected chi connectivity index (χ0v) is 12.6. The molecule has 8 heteroatoms. The van der Waals surface area contributed by atoms with E-state index in [0.29, 0.717) is 5.82 Å². The third-order valence-corrected chi connectivity index (χ3v) is 4.36. The molecule has 0 spiro atoms. The third-order valence-electron chi connectivity index (χ3n) is 2.91. The first-order valence-corrected chi connectivity index (χ1v) is 8.42. The highest BCUT2D eigenvalue weighted by Gasteiger charge is 2.28. The second kappa shape index (κ2) is 4.38. The Balaban J connectivity index is 2.20. The van der Waals surface area contributed by atoms with E-state index >= 15 is 0 Å².